The Kier molecular flexibility index (Phi) is 12.2. The molecule has 2 nitrogen and oxygen atoms in total. The lowest BCUT2D eigenvalue weighted by Gasteiger charge is -2.16. The van der Waals surface area contributed by atoms with Crippen LogP contribution in [0.4, 0.5) is 0 Å². The van der Waals surface area contributed by atoms with Crippen LogP contribution in [0.25, 0.3) is 0 Å². The fourth-order valence-corrected chi connectivity index (χ4v) is 3.09. The fraction of sp³-hybridized carbons (Fsp3) is 0.682. The third-order valence-electron chi connectivity index (χ3n) is 4.68. The Morgan fingerprint density at radius 2 is 1.62 bits per heavy atom. The van der Waals surface area contributed by atoms with Gasteiger partial charge in [-0.1, -0.05) is 95.5 Å². The lowest BCUT2D eigenvalue weighted by molar-refractivity contribution is -0.144. The van der Waals surface area contributed by atoms with E-state index in [1.807, 2.05) is 18.2 Å². The maximum Gasteiger partial charge on any atom is 0.306 e. The van der Waals surface area contributed by atoms with E-state index in [4.69, 9.17) is 4.74 Å². The zero-order valence-corrected chi connectivity index (χ0v) is 15.8. The SMILES string of the molecule is CCCCCCC(CCCC)CCOC(=O)CCc1ccccc1. The molecular formula is C22H36O2. The molecule has 1 rings (SSSR count). The summed E-state index contributed by atoms with van der Waals surface area (Å²) in [6.45, 7) is 5.09. The molecule has 0 N–H and O–H groups in total. The zero-order valence-electron chi connectivity index (χ0n) is 15.8. The summed E-state index contributed by atoms with van der Waals surface area (Å²) in [5, 5.41) is 0. The van der Waals surface area contributed by atoms with Gasteiger partial charge in [-0.2, -0.15) is 0 Å². The van der Waals surface area contributed by atoms with E-state index in [9.17, 15) is 4.79 Å². The third kappa shape index (κ3) is 10.5. The number of hydrogen-bond acceptors (Lipinski definition) is 2. The molecule has 0 aliphatic heterocycles. The van der Waals surface area contributed by atoms with E-state index in [2.05, 4.69) is 26.0 Å². The van der Waals surface area contributed by atoms with Crippen molar-refractivity contribution < 1.29 is 9.53 Å². The average Bonchev–Trinajstić information content (AvgIpc) is 2.61. The number of hydrogen-bond donors (Lipinski definition) is 0. The largest absolute Gasteiger partial charge is 0.466 e. The van der Waals surface area contributed by atoms with Crippen molar-refractivity contribution in [3.05, 3.63) is 35.9 Å². The van der Waals surface area contributed by atoms with Gasteiger partial charge in [-0.3, -0.25) is 4.79 Å². The third-order valence-corrected chi connectivity index (χ3v) is 4.68. The summed E-state index contributed by atoms with van der Waals surface area (Å²) in [6, 6.07) is 10.1. The van der Waals surface area contributed by atoms with Crippen molar-refractivity contribution in [1.82, 2.24) is 0 Å². The lowest BCUT2D eigenvalue weighted by Crippen LogP contribution is -2.11. The summed E-state index contributed by atoms with van der Waals surface area (Å²) in [4.78, 5) is 11.9. The first kappa shape index (κ1) is 20.7. The minimum Gasteiger partial charge on any atom is -0.466 e. The van der Waals surface area contributed by atoms with Crippen molar-refractivity contribution in [3.8, 4) is 0 Å². The van der Waals surface area contributed by atoms with Gasteiger partial charge < -0.3 is 4.74 Å². The highest BCUT2D eigenvalue weighted by atomic mass is 16.5. The van der Waals surface area contributed by atoms with Crippen LogP contribution < -0.4 is 0 Å². The van der Waals surface area contributed by atoms with Crippen molar-refractivity contribution in [2.24, 2.45) is 5.92 Å². The van der Waals surface area contributed by atoms with Crippen molar-refractivity contribution in [1.29, 1.82) is 0 Å². The summed E-state index contributed by atoms with van der Waals surface area (Å²) in [5.74, 6) is 0.669. The minimum absolute atomic E-state index is 0.0564. The van der Waals surface area contributed by atoms with Gasteiger partial charge in [0.2, 0.25) is 0 Å². The van der Waals surface area contributed by atoms with E-state index in [1.165, 1.54) is 56.9 Å². The van der Waals surface area contributed by atoms with Crippen molar-refractivity contribution in [2.45, 2.75) is 84.5 Å². The molecule has 0 radical (unpaired) electrons. The summed E-state index contributed by atoms with van der Waals surface area (Å²) in [5.41, 5.74) is 1.20. The molecule has 0 heterocycles. The topological polar surface area (TPSA) is 26.3 Å². The highest BCUT2D eigenvalue weighted by molar-refractivity contribution is 5.69. The normalized spacial score (nSPS) is 12.1. The second-order valence-corrected chi connectivity index (χ2v) is 6.85. The van der Waals surface area contributed by atoms with Gasteiger partial charge >= 0.3 is 5.97 Å². The molecule has 136 valence electrons. The summed E-state index contributed by atoms with van der Waals surface area (Å²) < 4.78 is 5.46. The number of aryl methyl sites for hydroxylation is 1. The number of carbonyl (C=O) groups excluding carboxylic acids is 1. The molecule has 2 heteroatoms. The smallest absolute Gasteiger partial charge is 0.306 e. The van der Waals surface area contributed by atoms with E-state index in [0.717, 1.165) is 18.8 Å². The monoisotopic (exact) mass is 332 g/mol. The second kappa shape index (κ2) is 14.1. The molecule has 1 aromatic rings. The zero-order chi connectivity index (χ0) is 17.5. The van der Waals surface area contributed by atoms with Crippen LogP contribution in [0.15, 0.2) is 30.3 Å². The molecule has 0 bridgehead atoms. The predicted octanol–water partition coefficient (Wildman–Crippen LogP) is 6.33. The maximum atomic E-state index is 11.9. The molecule has 1 unspecified atom stereocenters. The van der Waals surface area contributed by atoms with Crippen LogP contribution in [0.1, 0.15) is 83.6 Å². The minimum atomic E-state index is -0.0564. The molecule has 0 saturated heterocycles. The Morgan fingerprint density at radius 1 is 0.917 bits per heavy atom. The molecule has 24 heavy (non-hydrogen) atoms. The van der Waals surface area contributed by atoms with Gasteiger partial charge in [0, 0.05) is 6.42 Å². The molecule has 0 saturated carbocycles. The fourth-order valence-electron chi connectivity index (χ4n) is 3.09. The van der Waals surface area contributed by atoms with Gasteiger partial charge in [-0.25, -0.2) is 0 Å². The standard InChI is InChI=1S/C22H36O2/c1-3-5-7-9-15-21(12-6-4-2)18-19-24-22(23)17-16-20-13-10-8-11-14-20/h8,10-11,13-14,21H,3-7,9,12,15-19H2,1-2H3. The maximum absolute atomic E-state index is 11.9. The van der Waals surface area contributed by atoms with Crippen LogP contribution in [0.3, 0.4) is 0 Å². The summed E-state index contributed by atoms with van der Waals surface area (Å²) in [7, 11) is 0. The highest BCUT2D eigenvalue weighted by Crippen LogP contribution is 2.21. The quantitative estimate of drug-likeness (QED) is 0.294. The Morgan fingerprint density at radius 3 is 2.33 bits per heavy atom. The molecule has 1 atom stereocenters. The number of unbranched alkanes of at least 4 members (excludes halogenated alkanes) is 4. The molecule has 0 spiro atoms. The van der Waals surface area contributed by atoms with E-state index in [0.29, 0.717) is 13.0 Å². The average molecular weight is 333 g/mol. The Balaban J connectivity index is 2.18. The first-order chi connectivity index (χ1) is 11.8. The molecule has 1 aromatic carbocycles. The Bertz CT molecular complexity index is 413. The molecule has 0 amide bonds. The van der Waals surface area contributed by atoms with Crippen LogP contribution in [-0.2, 0) is 16.0 Å². The van der Waals surface area contributed by atoms with Crippen molar-refractivity contribution >= 4 is 5.97 Å². The van der Waals surface area contributed by atoms with Gasteiger partial charge in [0.1, 0.15) is 0 Å². The Labute approximate surface area is 149 Å². The molecular weight excluding hydrogens is 296 g/mol. The van der Waals surface area contributed by atoms with Crippen LogP contribution in [0.5, 0.6) is 0 Å². The highest BCUT2D eigenvalue weighted by Gasteiger charge is 2.10. The van der Waals surface area contributed by atoms with E-state index in [1.54, 1.807) is 0 Å². The van der Waals surface area contributed by atoms with Gasteiger partial charge in [0.05, 0.1) is 6.61 Å². The first-order valence-corrected chi connectivity index (χ1v) is 9.95. The van der Waals surface area contributed by atoms with Crippen molar-refractivity contribution in [2.75, 3.05) is 6.61 Å². The van der Waals surface area contributed by atoms with Gasteiger partial charge in [0.15, 0.2) is 0 Å². The molecule has 0 aliphatic rings. The number of ether oxygens (including phenoxy) is 1. The number of benzene rings is 1. The number of carbonyl (C=O) groups is 1. The molecule has 0 fully saturated rings. The van der Waals surface area contributed by atoms with Crippen LogP contribution in [-0.4, -0.2) is 12.6 Å². The first-order valence-electron chi connectivity index (χ1n) is 9.95. The predicted molar refractivity (Wildman–Crippen MR) is 102 cm³/mol. The number of esters is 1. The van der Waals surface area contributed by atoms with Crippen LogP contribution in [0, 0.1) is 5.92 Å². The van der Waals surface area contributed by atoms with E-state index in [-0.39, 0.29) is 5.97 Å². The second-order valence-electron chi connectivity index (χ2n) is 6.85. The summed E-state index contributed by atoms with van der Waals surface area (Å²) in [6.07, 6.45) is 12.7. The van der Waals surface area contributed by atoms with Gasteiger partial charge in [-0.05, 0) is 24.3 Å². The van der Waals surface area contributed by atoms with E-state index < -0.39 is 0 Å². The summed E-state index contributed by atoms with van der Waals surface area (Å²) >= 11 is 0. The van der Waals surface area contributed by atoms with Crippen LogP contribution >= 0.6 is 0 Å². The molecule has 0 aliphatic carbocycles. The van der Waals surface area contributed by atoms with Gasteiger partial charge in [0.25, 0.3) is 0 Å². The number of rotatable bonds is 14. The lowest BCUT2D eigenvalue weighted by atomic mass is 9.92. The van der Waals surface area contributed by atoms with Crippen LogP contribution in [0.2, 0.25) is 0 Å². The van der Waals surface area contributed by atoms with Crippen molar-refractivity contribution in [3.63, 3.8) is 0 Å². The van der Waals surface area contributed by atoms with Gasteiger partial charge in [-0.15, -0.1) is 0 Å². The Hall–Kier alpha value is -1.31. The van der Waals surface area contributed by atoms with E-state index >= 15 is 0 Å². The molecule has 0 aromatic heterocycles.